The van der Waals surface area contributed by atoms with Gasteiger partial charge in [0.25, 0.3) is 0 Å². The molecule has 1 aliphatic heterocycles. The van der Waals surface area contributed by atoms with Crippen LogP contribution in [0.25, 0.3) is 0 Å². The average molecular weight is 232 g/mol. The Bertz CT molecular complexity index is 334. The number of benzene rings is 1. The zero-order valence-corrected chi connectivity index (χ0v) is 11.2. The zero-order valence-electron chi connectivity index (χ0n) is 11.2. The lowest BCUT2D eigenvalue weighted by Crippen LogP contribution is -2.57. The molecule has 1 fully saturated rings. The Hall–Kier alpha value is -0.860. The first-order valence-corrected chi connectivity index (χ1v) is 6.69. The zero-order chi connectivity index (χ0) is 12.3. The van der Waals surface area contributed by atoms with E-state index in [0.29, 0.717) is 18.0 Å². The Morgan fingerprint density at radius 2 is 1.94 bits per heavy atom. The van der Waals surface area contributed by atoms with Crippen LogP contribution in [-0.4, -0.2) is 30.1 Å². The highest BCUT2D eigenvalue weighted by Crippen LogP contribution is 2.20. The molecular formula is C15H24N2. The molecule has 2 rings (SSSR count). The molecule has 17 heavy (non-hydrogen) atoms. The highest BCUT2D eigenvalue weighted by atomic mass is 15.2. The number of piperazine rings is 1. The molecule has 1 aromatic rings. The molecule has 0 amide bonds. The first kappa shape index (κ1) is 12.6. The first-order valence-electron chi connectivity index (χ1n) is 6.69. The maximum Gasteiger partial charge on any atom is 0.0250 e. The van der Waals surface area contributed by atoms with Crippen LogP contribution in [-0.2, 0) is 6.54 Å². The Kier molecular flexibility index (Phi) is 4.19. The van der Waals surface area contributed by atoms with E-state index < -0.39 is 0 Å². The van der Waals surface area contributed by atoms with Crippen molar-refractivity contribution in [1.82, 2.24) is 10.2 Å². The number of nitrogens with zero attached hydrogens (tertiary/aromatic N) is 1. The van der Waals surface area contributed by atoms with Gasteiger partial charge < -0.3 is 5.32 Å². The summed E-state index contributed by atoms with van der Waals surface area (Å²) in [6.07, 6.45) is 0. The molecule has 0 saturated carbocycles. The van der Waals surface area contributed by atoms with Crippen LogP contribution in [0.4, 0.5) is 0 Å². The third-order valence-electron chi connectivity index (χ3n) is 3.76. The molecule has 1 aliphatic rings. The quantitative estimate of drug-likeness (QED) is 0.861. The molecule has 0 aromatic heterocycles. The van der Waals surface area contributed by atoms with Crippen molar-refractivity contribution in [3.05, 3.63) is 35.9 Å². The van der Waals surface area contributed by atoms with Gasteiger partial charge in [-0.2, -0.15) is 0 Å². The van der Waals surface area contributed by atoms with E-state index in [2.05, 4.69) is 61.3 Å². The van der Waals surface area contributed by atoms with Gasteiger partial charge in [-0.15, -0.1) is 0 Å². The van der Waals surface area contributed by atoms with E-state index in [9.17, 15) is 0 Å². The van der Waals surface area contributed by atoms with E-state index in [1.807, 2.05) is 0 Å². The molecular weight excluding hydrogens is 208 g/mol. The van der Waals surface area contributed by atoms with Gasteiger partial charge in [-0.1, -0.05) is 44.2 Å². The summed E-state index contributed by atoms with van der Waals surface area (Å²) in [5.41, 5.74) is 1.42. The monoisotopic (exact) mass is 232 g/mol. The van der Waals surface area contributed by atoms with Crippen molar-refractivity contribution >= 4 is 0 Å². The van der Waals surface area contributed by atoms with E-state index in [1.54, 1.807) is 0 Å². The second kappa shape index (κ2) is 5.65. The van der Waals surface area contributed by atoms with Gasteiger partial charge in [-0.25, -0.2) is 0 Å². The summed E-state index contributed by atoms with van der Waals surface area (Å²) in [5.74, 6) is 0.703. The van der Waals surface area contributed by atoms with E-state index in [1.165, 1.54) is 5.56 Å². The van der Waals surface area contributed by atoms with Gasteiger partial charge in [0.2, 0.25) is 0 Å². The summed E-state index contributed by atoms with van der Waals surface area (Å²) in [6.45, 7) is 10.3. The summed E-state index contributed by atoms with van der Waals surface area (Å²) in [7, 11) is 0. The van der Waals surface area contributed by atoms with Gasteiger partial charge in [0.05, 0.1) is 0 Å². The third-order valence-corrected chi connectivity index (χ3v) is 3.76. The Morgan fingerprint density at radius 3 is 2.59 bits per heavy atom. The molecule has 2 atom stereocenters. The van der Waals surface area contributed by atoms with Crippen LogP contribution in [0.3, 0.4) is 0 Å². The van der Waals surface area contributed by atoms with Crippen LogP contribution in [0.2, 0.25) is 0 Å². The van der Waals surface area contributed by atoms with Crippen molar-refractivity contribution in [3.63, 3.8) is 0 Å². The maximum atomic E-state index is 3.54. The Balaban J connectivity index is 2.09. The molecule has 0 bridgehead atoms. The van der Waals surface area contributed by atoms with Crippen LogP contribution < -0.4 is 5.32 Å². The SMILES string of the molecule is CC(C)[C@H]1CNCC(C)N1Cc1ccccc1. The topological polar surface area (TPSA) is 15.3 Å². The van der Waals surface area contributed by atoms with Crippen molar-refractivity contribution in [2.45, 2.75) is 39.4 Å². The summed E-state index contributed by atoms with van der Waals surface area (Å²) >= 11 is 0. The maximum absolute atomic E-state index is 3.54. The van der Waals surface area contributed by atoms with E-state index in [0.717, 1.165) is 19.6 Å². The molecule has 2 heteroatoms. The fourth-order valence-electron chi connectivity index (χ4n) is 2.69. The fourth-order valence-corrected chi connectivity index (χ4v) is 2.69. The van der Waals surface area contributed by atoms with Crippen LogP contribution in [0, 0.1) is 5.92 Å². The van der Waals surface area contributed by atoms with Crippen molar-refractivity contribution in [3.8, 4) is 0 Å². The molecule has 2 nitrogen and oxygen atoms in total. The molecule has 0 aliphatic carbocycles. The first-order chi connectivity index (χ1) is 8.18. The highest BCUT2D eigenvalue weighted by molar-refractivity contribution is 5.15. The van der Waals surface area contributed by atoms with Gasteiger partial charge in [-0.3, -0.25) is 4.90 Å². The van der Waals surface area contributed by atoms with Crippen molar-refractivity contribution in [1.29, 1.82) is 0 Å². The molecule has 1 unspecified atom stereocenters. The van der Waals surface area contributed by atoms with E-state index >= 15 is 0 Å². The normalized spacial score (nSPS) is 26.4. The van der Waals surface area contributed by atoms with Gasteiger partial charge in [0.15, 0.2) is 0 Å². The van der Waals surface area contributed by atoms with Crippen LogP contribution in [0.15, 0.2) is 30.3 Å². The average Bonchev–Trinajstić information content (AvgIpc) is 2.33. The lowest BCUT2D eigenvalue weighted by molar-refractivity contribution is 0.0696. The van der Waals surface area contributed by atoms with E-state index in [-0.39, 0.29) is 0 Å². The molecule has 1 saturated heterocycles. The minimum Gasteiger partial charge on any atom is -0.314 e. The lowest BCUT2D eigenvalue weighted by Gasteiger charge is -2.43. The van der Waals surface area contributed by atoms with Crippen molar-refractivity contribution in [2.75, 3.05) is 13.1 Å². The fraction of sp³-hybridized carbons (Fsp3) is 0.600. The molecule has 1 N–H and O–H groups in total. The smallest absolute Gasteiger partial charge is 0.0250 e. The standard InChI is InChI=1S/C15H24N2/c1-12(2)15-10-16-9-13(3)17(15)11-14-7-5-4-6-8-14/h4-8,12-13,15-16H,9-11H2,1-3H3/t13?,15-/m1/s1. The minimum atomic E-state index is 0.622. The predicted molar refractivity (Wildman–Crippen MR) is 72.9 cm³/mol. The van der Waals surface area contributed by atoms with Crippen molar-refractivity contribution < 1.29 is 0 Å². The Labute approximate surface area is 105 Å². The van der Waals surface area contributed by atoms with E-state index in [4.69, 9.17) is 0 Å². The summed E-state index contributed by atoms with van der Waals surface area (Å²) < 4.78 is 0. The molecule has 1 aromatic carbocycles. The minimum absolute atomic E-state index is 0.622. The second-order valence-electron chi connectivity index (χ2n) is 5.48. The van der Waals surface area contributed by atoms with Crippen molar-refractivity contribution in [2.24, 2.45) is 5.92 Å². The highest BCUT2D eigenvalue weighted by Gasteiger charge is 2.29. The van der Waals surface area contributed by atoms with Gasteiger partial charge in [-0.05, 0) is 18.4 Å². The van der Waals surface area contributed by atoms with Crippen LogP contribution in [0.1, 0.15) is 26.3 Å². The number of rotatable bonds is 3. The van der Waals surface area contributed by atoms with Gasteiger partial charge in [0.1, 0.15) is 0 Å². The number of hydrogen-bond donors (Lipinski definition) is 1. The molecule has 1 heterocycles. The number of hydrogen-bond acceptors (Lipinski definition) is 2. The summed E-state index contributed by atoms with van der Waals surface area (Å²) in [6, 6.07) is 12.1. The van der Waals surface area contributed by atoms with Crippen LogP contribution >= 0.6 is 0 Å². The predicted octanol–water partition coefficient (Wildman–Crippen LogP) is 2.50. The summed E-state index contributed by atoms with van der Waals surface area (Å²) in [5, 5.41) is 3.54. The van der Waals surface area contributed by atoms with Crippen LogP contribution in [0.5, 0.6) is 0 Å². The largest absolute Gasteiger partial charge is 0.314 e. The summed E-state index contributed by atoms with van der Waals surface area (Å²) in [4.78, 5) is 2.65. The molecule has 0 spiro atoms. The van der Waals surface area contributed by atoms with Gasteiger partial charge in [0, 0.05) is 31.7 Å². The molecule has 0 radical (unpaired) electrons. The third kappa shape index (κ3) is 3.08. The Morgan fingerprint density at radius 1 is 1.24 bits per heavy atom. The molecule has 94 valence electrons. The lowest BCUT2D eigenvalue weighted by atomic mass is 9.97. The number of nitrogens with one attached hydrogen (secondary N) is 1. The second-order valence-corrected chi connectivity index (χ2v) is 5.48. The van der Waals surface area contributed by atoms with Gasteiger partial charge >= 0.3 is 0 Å².